The number of fused-ring (bicyclic) bond motifs is 1. The van der Waals surface area contributed by atoms with E-state index in [9.17, 15) is 4.79 Å². The van der Waals surface area contributed by atoms with Gasteiger partial charge in [0.25, 0.3) is 0 Å². The first kappa shape index (κ1) is 22.8. The molecule has 0 saturated carbocycles. The van der Waals surface area contributed by atoms with Gasteiger partial charge in [0, 0.05) is 34.1 Å². The summed E-state index contributed by atoms with van der Waals surface area (Å²) < 4.78 is 22.3. The molecule has 31 heavy (non-hydrogen) atoms. The number of benzene rings is 2. The van der Waals surface area contributed by atoms with Crippen molar-refractivity contribution in [3.05, 3.63) is 52.7 Å². The van der Waals surface area contributed by atoms with Crippen LogP contribution in [0, 0.1) is 5.92 Å². The Morgan fingerprint density at radius 1 is 1.19 bits per heavy atom. The van der Waals surface area contributed by atoms with Crippen LogP contribution in [0.4, 0.5) is 5.69 Å². The minimum atomic E-state index is -0.307. The van der Waals surface area contributed by atoms with Crippen molar-refractivity contribution < 1.29 is 23.4 Å². The van der Waals surface area contributed by atoms with E-state index in [4.69, 9.17) is 30.2 Å². The van der Waals surface area contributed by atoms with Gasteiger partial charge in [-0.3, -0.25) is 4.79 Å². The summed E-state index contributed by atoms with van der Waals surface area (Å²) in [5.41, 5.74) is 3.17. The quantitative estimate of drug-likeness (QED) is 0.395. The van der Waals surface area contributed by atoms with Crippen LogP contribution in [-0.2, 0) is 22.6 Å². The van der Waals surface area contributed by atoms with E-state index >= 15 is 0 Å². The summed E-state index contributed by atoms with van der Waals surface area (Å²) in [6.45, 7) is 7.45. The number of halogens is 1. The van der Waals surface area contributed by atoms with Gasteiger partial charge in [0.1, 0.15) is 18.1 Å². The molecule has 0 fully saturated rings. The van der Waals surface area contributed by atoms with Gasteiger partial charge in [-0.2, -0.15) is 0 Å². The number of rotatable bonds is 10. The van der Waals surface area contributed by atoms with Crippen molar-refractivity contribution in [1.29, 1.82) is 0 Å². The fraction of sp³-hybridized carbons (Fsp3) is 0.375. The molecule has 0 bridgehead atoms. The zero-order valence-electron chi connectivity index (χ0n) is 18.3. The molecule has 1 heterocycles. The van der Waals surface area contributed by atoms with E-state index < -0.39 is 0 Å². The topological polar surface area (TPSA) is 69.9 Å². The molecule has 0 aliphatic carbocycles. The molecule has 0 amide bonds. The second-order valence-corrected chi connectivity index (χ2v) is 8.05. The van der Waals surface area contributed by atoms with E-state index in [1.165, 1.54) is 0 Å². The summed E-state index contributed by atoms with van der Waals surface area (Å²) in [4.78, 5) is 12.0. The maximum absolute atomic E-state index is 12.0. The maximum atomic E-state index is 12.0. The number of nitrogens with one attached hydrogen (secondary N) is 1. The summed E-state index contributed by atoms with van der Waals surface area (Å²) >= 11 is 6.35. The van der Waals surface area contributed by atoms with Gasteiger partial charge in [0.05, 0.1) is 32.1 Å². The molecule has 0 atom stereocenters. The molecule has 2 aromatic carbocycles. The number of anilines is 1. The molecule has 1 aromatic heterocycles. The molecule has 7 heteroatoms. The third kappa shape index (κ3) is 5.85. The van der Waals surface area contributed by atoms with Crippen LogP contribution in [-0.4, -0.2) is 26.2 Å². The van der Waals surface area contributed by atoms with Crippen LogP contribution in [0.5, 0.6) is 11.5 Å². The standard InChI is InChI=1S/C24H28ClNO5/c1-5-29-23(27)8-16-6-7-19(28-4)11-22(16)30-13-17-14-31-24-20(17)9-18(25)10-21(24)26-12-15(2)3/h6-7,9-11,14-15,26H,5,8,12-13H2,1-4H3. The highest BCUT2D eigenvalue weighted by molar-refractivity contribution is 6.31. The summed E-state index contributed by atoms with van der Waals surface area (Å²) in [7, 11) is 1.58. The van der Waals surface area contributed by atoms with E-state index in [2.05, 4.69) is 19.2 Å². The lowest BCUT2D eigenvalue weighted by Crippen LogP contribution is -2.09. The van der Waals surface area contributed by atoms with E-state index in [0.29, 0.717) is 29.0 Å². The predicted molar refractivity (Wildman–Crippen MR) is 122 cm³/mol. The Hall–Kier alpha value is -2.86. The molecule has 3 rings (SSSR count). The van der Waals surface area contributed by atoms with Gasteiger partial charge < -0.3 is 23.9 Å². The Bertz CT molecular complexity index is 1040. The summed E-state index contributed by atoms with van der Waals surface area (Å²) in [5, 5.41) is 4.89. The average Bonchev–Trinajstić information content (AvgIpc) is 3.14. The van der Waals surface area contributed by atoms with Crippen molar-refractivity contribution in [3.8, 4) is 11.5 Å². The molecule has 0 aliphatic heterocycles. The summed E-state index contributed by atoms with van der Waals surface area (Å²) in [6.07, 6.45) is 1.79. The Balaban J connectivity index is 1.84. The Labute approximate surface area is 187 Å². The van der Waals surface area contributed by atoms with Gasteiger partial charge in [0.15, 0.2) is 5.58 Å². The monoisotopic (exact) mass is 445 g/mol. The van der Waals surface area contributed by atoms with Gasteiger partial charge in [-0.25, -0.2) is 0 Å². The van der Waals surface area contributed by atoms with E-state index in [1.54, 1.807) is 32.4 Å². The lowest BCUT2D eigenvalue weighted by molar-refractivity contribution is -0.142. The fourth-order valence-electron chi connectivity index (χ4n) is 3.18. The van der Waals surface area contributed by atoms with Crippen molar-refractivity contribution in [2.45, 2.75) is 33.8 Å². The van der Waals surface area contributed by atoms with E-state index in [1.807, 2.05) is 18.2 Å². The number of methoxy groups -OCH3 is 1. The van der Waals surface area contributed by atoms with Crippen LogP contribution in [0.15, 0.2) is 41.0 Å². The molecule has 3 aromatic rings. The average molecular weight is 446 g/mol. The highest BCUT2D eigenvalue weighted by Gasteiger charge is 2.15. The van der Waals surface area contributed by atoms with Crippen molar-refractivity contribution in [2.75, 3.05) is 25.6 Å². The first-order valence-electron chi connectivity index (χ1n) is 10.3. The number of ether oxygens (including phenoxy) is 3. The molecule has 166 valence electrons. The molecule has 6 nitrogen and oxygen atoms in total. The van der Waals surface area contributed by atoms with Crippen LogP contribution in [0.25, 0.3) is 11.0 Å². The van der Waals surface area contributed by atoms with Crippen molar-refractivity contribution in [1.82, 2.24) is 0 Å². The molecule has 0 spiro atoms. The normalized spacial score (nSPS) is 11.0. The minimum Gasteiger partial charge on any atom is -0.497 e. The van der Waals surface area contributed by atoms with Gasteiger partial charge in [0.2, 0.25) is 0 Å². The molecular formula is C24H28ClNO5. The molecule has 0 radical (unpaired) electrons. The lowest BCUT2D eigenvalue weighted by atomic mass is 10.1. The third-order valence-corrected chi connectivity index (χ3v) is 4.94. The summed E-state index contributed by atoms with van der Waals surface area (Å²) in [6, 6.07) is 9.09. The first-order valence-corrected chi connectivity index (χ1v) is 10.7. The highest BCUT2D eigenvalue weighted by Crippen LogP contribution is 2.33. The second kappa shape index (κ2) is 10.4. The van der Waals surface area contributed by atoms with Crippen LogP contribution < -0.4 is 14.8 Å². The van der Waals surface area contributed by atoms with Gasteiger partial charge in [-0.1, -0.05) is 31.5 Å². The zero-order valence-corrected chi connectivity index (χ0v) is 19.0. The van der Waals surface area contributed by atoms with Gasteiger partial charge in [-0.05, 0) is 31.0 Å². The fourth-order valence-corrected chi connectivity index (χ4v) is 3.39. The van der Waals surface area contributed by atoms with Crippen LogP contribution in [0.3, 0.4) is 0 Å². The predicted octanol–water partition coefficient (Wildman–Crippen LogP) is 5.85. The second-order valence-electron chi connectivity index (χ2n) is 7.61. The zero-order chi connectivity index (χ0) is 22.4. The van der Waals surface area contributed by atoms with E-state index in [-0.39, 0.29) is 19.0 Å². The number of hydrogen-bond donors (Lipinski definition) is 1. The summed E-state index contributed by atoms with van der Waals surface area (Å²) in [5.74, 6) is 1.38. The Kier molecular flexibility index (Phi) is 7.69. The minimum absolute atomic E-state index is 0.119. The Morgan fingerprint density at radius 3 is 2.71 bits per heavy atom. The first-order chi connectivity index (χ1) is 14.9. The van der Waals surface area contributed by atoms with Crippen molar-refractivity contribution in [2.24, 2.45) is 5.92 Å². The van der Waals surface area contributed by atoms with Gasteiger partial charge in [-0.15, -0.1) is 0 Å². The number of hydrogen-bond acceptors (Lipinski definition) is 6. The lowest BCUT2D eigenvalue weighted by Gasteiger charge is -2.13. The SMILES string of the molecule is CCOC(=O)Cc1ccc(OC)cc1OCc1coc2c(NCC(C)C)cc(Cl)cc12. The smallest absolute Gasteiger partial charge is 0.310 e. The molecular weight excluding hydrogens is 418 g/mol. The maximum Gasteiger partial charge on any atom is 0.310 e. The molecule has 1 N–H and O–H groups in total. The highest BCUT2D eigenvalue weighted by atomic mass is 35.5. The third-order valence-electron chi connectivity index (χ3n) is 4.72. The van der Waals surface area contributed by atoms with Crippen molar-refractivity contribution >= 4 is 34.2 Å². The Morgan fingerprint density at radius 2 is 2.00 bits per heavy atom. The number of furan rings is 1. The van der Waals surface area contributed by atoms with Crippen molar-refractivity contribution in [3.63, 3.8) is 0 Å². The molecule has 0 aliphatic rings. The number of carbonyl (C=O) groups excluding carboxylic acids is 1. The van der Waals surface area contributed by atoms with E-state index in [0.717, 1.165) is 34.3 Å². The molecule has 0 saturated heterocycles. The number of carbonyl (C=O) groups is 1. The van der Waals surface area contributed by atoms with Crippen LogP contribution in [0.2, 0.25) is 5.02 Å². The van der Waals surface area contributed by atoms with Crippen LogP contribution >= 0.6 is 11.6 Å². The molecule has 0 unspecified atom stereocenters. The van der Waals surface area contributed by atoms with Gasteiger partial charge >= 0.3 is 5.97 Å². The number of esters is 1. The van der Waals surface area contributed by atoms with Crippen LogP contribution in [0.1, 0.15) is 31.9 Å². The largest absolute Gasteiger partial charge is 0.497 e.